The van der Waals surface area contributed by atoms with E-state index in [2.05, 4.69) is 61.2 Å². The minimum atomic E-state index is 0.905. The summed E-state index contributed by atoms with van der Waals surface area (Å²) in [5.41, 5.74) is 6.95. The summed E-state index contributed by atoms with van der Waals surface area (Å²) < 4.78 is 0. The first kappa shape index (κ1) is 26.5. The van der Waals surface area contributed by atoms with E-state index in [9.17, 15) is 0 Å². The third-order valence-electron chi connectivity index (χ3n) is 2.91. The molecule has 0 unspecified atom stereocenters. The van der Waals surface area contributed by atoms with Crippen molar-refractivity contribution in [3.05, 3.63) is 60.8 Å². The Morgan fingerprint density at radius 3 is 2.39 bits per heavy atom. The molecule has 0 bridgehead atoms. The maximum atomic E-state index is 4.50. The van der Waals surface area contributed by atoms with E-state index in [1.54, 1.807) is 0 Å². The highest BCUT2D eigenvalue weighted by Gasteiger charge is 2.04. The average Bonchev–Trinajstić information content (AvgIpc) is 2.72. The maximum absolute atomic E-state index is 4.50. The molecule has 0 saturated heterocycles. The summed E-state index contributed by atoms with van der Waals surface area (Å²) in [7, 11) is 3.67. The molecule has 0 amide bonds. The van der Waals surface area contributed by atoms with Crippen molar-refractivity contribution in [2.24, 2.45) is 5.73 Å². The van der Waals surface area contributed by atoms with Gasteiger partial charge in [0.15, 0.2) is 0 Å². The molecule has 2 nitrogen and oxygen atoms in total. The molecule has 0 spiro atoms. The van der Waals surface area contributed by atoms with Crippen LogP contribution in [-0.2, 0) is 0 Å². The average molecular weight is 321 g/mol. The van der Waals surface area contributed by atoms with Crippen LogP contribution in [0.2, 0.25) is 0 Å². The van der Waals surface area contributed by atoms with Crippen LogP contribution < -0.4 is 5.73 Å². The predicted octanol–water partition coefficient (Wildman–Crippen LogP) is 5.51. The number of nitrogens with zero attached hydrogens (tertiary/aromatic N) is 1. The van der Waals surface area contributed by atoms with E-state index >= 15 is 0 Å². The Hall–Kier alpha value is -1.38. The Morgan fingerprint density at radius 2 is 1.83 bits per heavy atom. The van der Waals surface area contributed by atoms with Gasteiger partial charge in [-0.25, -0.2) is 0 Å². The Bertz CT molecular complexity index is 349. The highest BCUT2D eigenvalue weighted by atomic mass is 15.1. The minimum Gasteiger partial charge on any atom is -0.333 e. The fourth-order valence-electron chi connectivity index (χ4n) is 1.76. The lowest BCUT2D eigenvalue weighted by atomic mass is 10.0. The van der Waals surface area contributed by atoms with Gasteiger partial charge in [-0.05, 0) is 44.5 Å². The van der Waals surface area contributed by atoms with Crippen LogP contribution in [0.25, 0.3) is 0 Å². The summed E-state index contributed by atoms with van der Waals surface area (Å²) >= 11 is 0. The van der Waals surface area contributed by atoms with E-state index in [4.69, 9.17) is 0 Å². The van der Waals surface area contributed by atoms with E-state index in [-0.39, 0.29) is 0 Å². The van der Waals surface area contributed by atoms with Gasteiger partial charge >= 0.3 is 0 Å². The summed E-state index contributed by atoms with van der Waals surface area (Å²) in [4.78, 5) is 2.37. The zero-order chi connectivity index (χ0) is 18.5. The van der Waals surface area contributed by atoms with Crippen LogP contribution in [0.4, 0.5) is 0 Å². The quantitative estimate of drug-likeness (QED) is 0.546. The zero-order valence-corrected chi connectivity index (χ0v) is 16.4. The molecule has 0 saturated carbocycles. The normalized spacial score (nSPS) is 18.0. The molecule has 0 aromatic carbocycles. The topological polar surface area (TPSA) is 29.3 Å². The van der Waals surface area contributed by atoms with Crippen LogP contribution in [-0.4, -0.2) is 32.1 Å². The van der Waals surface area contributed by atoms with Crippen molar-refractivity contribution in [3.8, 4) is 0 Å². The van der Waals surface area contributed by atoms with Gasteiger partial charge < -0.3 is 10.6 Å². The van der Waals surface area contributed by atoms with Gasteiger partial charge in [0.2, 0.25) is 0 Å². The van der Waals surface area contributed by atoms with Crippen molar-refractivity contribution in [1.29, 1.82) is 0 Å². The molecule has 134 valence electrons. The van der Waals surface area contributed by atoms with Gasteiger partial charge in [-0.15, -0.1) is 6.58 Å². The molecule has 2 heteroatoms. The standard InChI is InChI=1S/C16H23N.2C2H6.CH5N/c1-4-5-7-10-15(2)16-11-8-6-9-13-17(3)14-12-16;3*1-2/h4,6-8,10-11H,1-2,5,9,12-14H2,3H3;2*1-2H3;2H2,1H3/b8-6-,10-7-,16-11+;;;. The van der Waals surface area contributed by atoms with Crippen LogP contribution in [0.5, 0.6) is 0 Å². The van der Waals surface area contributed by atoms with Crippen molar-refractivity contribution >= 4 is 0 Å². The minimum absolute atomic E-state index is 0.905. The molecule has 1 aliphatic heterocycles. The van der Waals surface area contributed by atoms with Gasteiger partial charge in [-0.1, -0.05) is 70.7 Å². The van der Waals surface area contributed by atoms with Gasteiger partial charge in [0.05, 0.1) is 0 Å². The van der Waals surface area contributed by atoms with Crippen LogP contribution >= 0.6 is 0 Å². The van der Waals surface area contributed by atoms with Crippen molar-refractivity contribution in [3.63, 3.8) is 0 Å². The number of hydrogen-bond acceptors (Lipinski definition) is 2. The molecule has 1 rings (SSSR count). The summed E-state index contributed by atoms with van der Waals surface area (Å²) in [6, 6.07) is 0. The molecule has 0 fully saturated rings. The summed E-state index contributed by atoms with van der Waals surface area (Å²) in [5.74, 6) is 0. The Balaban J connectivity index is -0.000000595. The van der Waals surface area contributed by atoms with Gasteiger partial charge in [-0.3, -0.25) is 0 Å². The number of nitrogens with two attached hydrogens (primary N) is 1. The SMILES string of the molecule is C=CC/C=C\C(=C)/C1=C/C=C\CCN(C)CC1.CC.CC.CN. The molecule has 0 aromatic heterocycles. The van der Waals surface area contributed by atoms with Crippen molar-refractivity contribution in [1.82, 2.24) is 4.90 Å². The number of allylic oxidation sites excluding steroid dienone is 6. The Morgan fingerprint density at radius 1 is 1.22 bits per heavy atom. The van der Waals surface area contributed by atoms with Gasteiger partial charge in [0.1, 0.15) is 0 Å². The third kappa shape index (κ3) is 16.8. The molecule has 0 radical (unpaired) electrons. The monoisotopic (exact) mass is 320 g/mol. The molecule has 1 aliphatic rings. The smallest absolute Gasteiger partial charge is 0.00191 e. The van der Waals surface area contributed by atoms with Crippen molar-refractivity contribution in [2.75, 3.05) is 27.2 Å². The Kier molecular flexibility index (Phi) is 26.4. The van der Waals surface area contributed by atoms with E-state index in [1.165, 1.54) is 12.6 Å². The molecule has 1 heterocycles. The lowest BCUT2D eigenvalue weighted by Crippen LogP contribution is -2.20. The number of rotatable bonds is 4. The van der Waals surface area contributed by atoms with E-state index < -0.39 is 0 Å². The molecule has 0 aromatic rings. The van der Waals surface area contributed by atoms with E-state index in [1.807, 2.05) is 33.8 Å². The summed E-state index contributed by atoms with van der Waals surface area (Å²) in [6.07, 6.45) is 15.8. The lowest BCUT2D eigenvalue weighted by molar-refractivity contribution is 0.346. The molecule has 23 heavy (non-hydrogen) atoms. The fourth-order valence-corrected chi connectivity index (χ4v) is 1.76. The van der Waals surface area contributed by atoms with Gasteiger partial charge in [-0.2, -0.15) is 0 Å². The first-order valence-electron chi connectivity index (χ1n) is 8.82. The molecule has 0 aliphatic carbocycles. The van der Waals surface area contributed by atoms with Crippen molar-refractivity contribution in [2.45, 2.75) is 47.0 Å². The molecule has 0 atom stereocenters. The highest BCUT2D eigenvalue weighted by Crippen LogP contribution is 2.16. The van der Waals surface area contributed by atoms with Gasteiger partial charge in [0, 0.05) is 13.1 Å². The highest BCUT2D eigenvalue weighted by molar-refractivity contribution is 5.39. The second-order valence-electron chi connectivity index (χ2n) is 4.41. The molecular formula is C21H40N2. The first-order valence-corrected chi connectivity index (χ1v) is 8.82. The van der Waals surface area contributed by atoms with E-state index in [0.717, 1.165) is 37.9 Å². The first-order chi connectivity index (χ1) is 11.2. The predicted molar refractivity (Wildman–Crippen MR) is 110 cm³/mol. The van der Waals surface area contributed by atoms with Crippen LogP contribution in [0.3, 0.4) is 0 Å². The fraction of sp³-hybridized carbons (Fsp3) is 0.524. The van der Waals surface area contributed by atoms with Crippen LogP contribution in [0.1, 0.15) is 47.0 Å². The molecule has 2 N–H and O–H groups in total. The van der Waals surface area contributed by atoms with E-state index in [0.29, 0.717) is 0 Å². The third-order valence-corrected chi connectivity index (χ3v) is 2.91. The zero-order valence-electron chi connectivity index (χ0n) is 16.4. The maximum Gasteiger partial charge on any atom is 0.00191 e. The van der Waals surface area contributed by atoms with Crippen molar-refractivity contribution < 1.29 is 0 Å². The summed E-state index contributed by atoms with van der Waals surface area (Å²) in [6.45, 7) is 18.1. The number of hydrogen-bond donors (Lipinski definition) is 1. The van der Waals surface area contributed by atoms with Crippen LogP contribution in [0.15, 0.2) is 60.8 Å². The lowest BCUT2D eigenvalue weighted by Gasteiger charge is -2.16. The Labute approximate surface area is 146 Å². The largest absolute Gasteiger partial charge is 0.333 e. The van der Waals surface area contributed by atoms with Gasteiger partial charge in [0.25, 0.3) is 0 Å². The second-order valence-corrected chi connectivity index (χ2v) is 4.41. The van der Waals surface area contributed by atoms with Crippen LogP contribution in [0, 0.1) is 0 Å². The molecular weight excluding hydrogens is 280 g/mol. The summed E-state index contributed by atoms with van der Waals surface area (Å²) in [5, 5.41) is 0. The second kappa shape index (κ2) is 22.9.